The molecule has 0 unspecified atom stereocenters. The van der Waals surface area contributed by atoms with E-state index in [1.165, 1.54) is 57.7 Å². The van der Waals surface area contributed by atoms with Crippen LogP contribution in [0.1, 0.15) is 15.9 Å². The van der Waals surface area contributed by atoms with Crippen LogP contribution in [0, 0.1) is 17.1 Å². The second-order valence-corrected chi connectivity index (χ2v) is 7.78. The lowest BCUT2D eigenvalue weighted by molar-refractivity contribution is 0.0697. The summed E-state index contributed by atoms with van der Waals surface area (Å²) in [5, 5.41) is 8.80. The Hall–Kier alpha value is -2.76. The van der Waals surface area contributed by atoms with Crippen molar-refractivity contribution in [2.45, 2.75) is 4.90 Å². The first-order chi connectivity index (χ1) is 12.4. The van der Waals surface area contributed by atoms with Crippen molar-refractivity contribution in [3.63, 3.8) is 0 Å². The first-order valence-electron chi connectivity index (χ1n) is 7.97. The minimum atomic E-state index is -3.68. The van der Waals surface area contributed by atoms with Crippen LogP contribution in [0.4, 0.5) is 4.39 Å². The number of nitrogens with zero attached hydrogens (tertiary/aromatic N) is 3. The smallest absolute Gasteiger partial charge is 0.254 e. The van der Waals surface area contributed by atoms with Gasteiger partial charge in [-0.15, -0.1) is 0 Å². The van der Waals surface area contributed by atoms with E-state index in [4.69, 9.17) is 5.26 Å². The molecule has 0 saturated carbocycles. The van der Waals surface area contributed by atoms with Gasteiger partial charge in [-0.3, -0.25) is 4.79 Å². The Balaban J connectivity index is 1.69. The van der Waals surface area contributed by atoms with Crippen LogP contribution in [-0.4, -0.2) is 49.7 Å². The lowest BCUT2D eigenvalue weighted by Gasteiger charge is -2.34. The molecule has 2 aromatic carbocycles. The molecule has 0 radical (unpaired) electrons. The lowest BCUT2D eigenvalue weighted by Crippen LogP contribution is -2.50. The van der Waals surface area contributed by atoms with E-state index in [0.717, 1.165) is 0 Å². The molecule has 8 heteroatoms. The van der Waals surface area contributed by atoms with Gasteiger partial charge in [-0.2, -0.15) is 9.57 Å². The number of benzene rings is 2. The quantitative estimate of drug-likeness (QED) is 0.822. The van der Waals surface area contributed by atoms with Gasteiger partial charge in [0.25, 0.3) is 5.91 Å². The molecule has 1 aliphatic heterocycles. The van der Waals surface area contributed by atoms with Crippen LogP contribution in [-0.2, 0) is 10.0 Å². The third-order valence-corrected chi connectivity index (χ3v) is 6.13. The zero-order valence-electron chi connectivity index (χ0n) is 13.8. The van der Waals surface area contributed by atoms with Gasteiger partial charge in [0.15, 0.2) is 0 Å². The number of carbonyl (C=O) groups excluding carboxylic acids is 1. The normalized spacial score (nSPS) is 15.5. The van der Waals surface area contributed by atoms with Gasteiger partial charge in [-0.05, 0) is 42.5 Å². The molecule has 0 N–H and O–H groups in total. The summed E-state index contributed by atoms with van der Waals surface area (Å²) in [6.45, 7) is 0.766. The molecule has 0 spiro atoms. The Labute approximate surface area is 151 Å². The second kappa shape index (κ2) is 7.23. The maximum Gasteiger partial charge on any atom is 0.254 e. The fourth-order valence-corrected chi connectivity index (χ4v) is 4.21. The topological polar surface area (TPSA) is 81.5 Å². The van der Waals surface area contributed by atoms with E-state index in [2.05, 4.69) is 0 Å². The number of hydrogen-bond donors (Lipinski definition) is 0. The molecule has 134 valence electrons. The van der Waals surface area contributed by atoms with Gasteiger partial charge < -0.3 is 4.90 Å². The maximum atomic E-state index is 13.3. The highest BCUT2D eigenvalue weighted by Crippen LogP contribution is 2.19. The van der Waals surface area contributed by atoms with Crippen molar-refractivity contribution in [1.82, 2.24) is 9.21 Å². The van der Waals surface area contributed by atoms with Gasteiger partial charge >= 0.3 is 0 Å². The van der Waals surface area contributed by atoms with Crippen LogP contribution in [0.5, 0.6) is 0 Å². The van der Waals surface area contributed by atoms with Gasteiger partial charge in [-0.1, -0.05) is 6.07 Å². The first kappa shape index (κ1) is 18.0. The van der Waals surface area contributed by atoms with Crippen LogP contribution in [0.2, 0.25) is 0 Å². The van der Waals surface area contributed by atoms with E-state index >= 15 is 0 Å². The first-order valence-corrected chi connectivity index (χ1v) is 9.41. The molecule has 2 aromatic rings. The predicted octanol–water partition coefficient (Wildman–Crippen LogP) is 1.84. The zero-order chi connectivity index (χ0) is 18.7. The highest BCUT2D eigenvalue weighted by atomic mass is 32.2. The van der Waals surface area contributed by atoms with Crippen molar-refractivity contribution in [3.8, 4) is 6.07 Å². The third kappa shape index (κ3) is 3.59. The Morgan fingerprint density at radius 3 is 2.27 bits per heavy atom. The Morgan fingerprint density at radius 2 is 1.69 bits per heavy atom. The largest absolute Gasteiger partial charge is 0.336 e. The molecule has 0 aromatic heterocycles. The van der Waals surface area contributed by atoms with Crippen LogP contribution < -0.4 is 0 Å². The minimum Gasteiger partial charge on any atom is -0.336 e. The zero-order valence-corrected chi connectivity index (χ0v) is 14.6. The summed E-state index contributed by atoms with van der Waals surface area (Å²) in [5.41, 5.74) is 0.628. The molecule has 0 atom stereocenters. The van der Waals surface area contributed by atoms with Crippen molar-refractivity contribution in [1.29, 1.82) is 5.26 Å². The van der Waals surface area contributed by atoms with Gasteiger partial charge in [0.2, 0.25) is 10.0 Å². The molecule has 0 aliphatic carbocycles. The Bertz CT molecular complexity index is 960. The highest BCUT2D eigenvalue weighted by Gasteiger charge is 2.30. The number of nitriles is 1. The average molecular weight is 373 g/mol. The predicted molar refractivity (Wildman–Crippen MR) is 92.2 cm³/mol. The van der Waals surface area contributed by atoms with Crippen molar-refractivity contribution >= 4 is 15.9 Å². The Morgan fingerprint density at radius 1 is 1.04 bits per heavy atom. The van der Waals surface area contributed by atoms with Gasteiger partial charge in [0.1, 0.15) is 5.82 Å². The summed E-state index contributed by atoms with van der Waals surface area (Å²) >= 11 is 0. The molecule has 26 heavy (non-hydrogen) atoms. The number of piperazine rings is 1. The van der Waals surface area contributed by atoms with E-state index in [9.17, 15) is 17.6 Å². The summed E-state index contributed by atoms with van der Waals surface area (Å²) in [6.07, 6.45) is 0. The number of carbonyl (C=O) groups is 1. The van der Waals surface area contributed by atoms with Crippen molar-refractivity contribution in [2.24, 2.45) is 0 Å². The molecule has 1 fully saturated rings. The second-order valence-electron chi connectivity index (χ2n) is 5.84. The summed E-state index contributed by atoms with van der Waals surface area (Å²) in [7, 11) is -3.68. The van der Waals surface area contributed by atoms with Crippen molar-refractivity contribution < 1.29 is 17.6 Å². The molecular formula is C18H16FN3O3S. The highest BCUT2D eigenvalue weighted by molar-refractivity contribution is 7.89. The fourth-order valence-electron chi connectivity index (χ4n) is 2.79. The summed E-state index contributed by atoms with van der Waals surface area (Å²) < 4.78 is 39.9. The SMILES string of the molecule is N#Cc1ccc(S(=O)(=O)N2CCN(C(=O)c3cccc(F)c3)CC2)cc1. The Kier molecular flexibility index (Phi) is 5.02. The lowest BCUT2D eigenvalue weighted by atomic mass is 10.2. The number of halogens is 1. The molecule has 3 rings (SSSR count). The summed E-state index contributed by atoms with van der Waals surface area (Å²) in [5.74, 6) is -0.808. The monoisotopic (exact) mass is 373 g/mol. The van der Waals surface area contributed by atoms with Gasteiger partial charge in [-0.25, -0.2) is 12.8 Å². The standard InChI is InChI=1S/C18H16FN3O3S/c19-16-3-1-2-15(12-16)18(23)21-8-10-22(11-9-21)26(24,25)17-6-4-14(13-20)5-7-17/h1-7,12H,8-11H2. The van der Waals surface area contributed by atoms with E-state index in [1.54, 1.807) is 0 Å². The van der Waals surface area contributed by atoms with Crippen molar-refractivity contribution in [2.75, 3.05) is 26.2 Å². The maximum absolute atomic E-state index is 13.3. The summed E-state index contributed by atoms with van der Waals surface area (Å²) in [6, 6.07) is 13.1. The number of rotatable bonds is 3. The summed E-state index contributed by atoms with van der Waals surface area (Å²) in [4.78, 5) is 14.0. The molecular weight excluding hydrogens is 357 g/mol. The fraction of sp³-hybridized carbons (Fsp3) is 0.222. The van der Waals surface area contributed by atoms with Gasteiger partial charge in [0.05, 0.1) is 16.5 Å². The number of amides is 1. The van der Waals surface area contributed by atoms with Crippen LogP contribution in [0.15, 0.2) is 53.4 Å². The molecule has 1 saturated heterocycles. The van der Waals surface area contributed by atoms with E-state index in [0.29, 0.717) is 5.56 Å². The number of hydrogen-bond acceptors (Lipinski definition) is 4. The number of sulfonamides is 1. The van der Waals surface area contributed by atoms with Gasteiger partial charge in [0, 0.05) is 31.7 Å². The van der Waals surface area contributed by atoms with E-state index in [1.807, 2.05) is 6.07 Å². The molecule has 1 aliphatic rings. The van der Waals surface area contributed by atoms with E-state index in [-0.39, 0.29) is 42.5 Å². The minimum absolute atomic E-state index is 0.112. The van der Waals surface area contributed by atoms with E-state index < -0.39 is 15.8 Å². The molecule has 1 amide bonds. The van der Waals surface area contributed by atoms with Crippen molar-refractivity contribution in [3.05, 3.63) is 65.5 Å². The molecule has 1 heterocycles. The van der Waals surface area contributed by atoms with Crippen LogP contribution in [0.25, 0.3) is 0 Å². The third-order valence-electron chi connectivity index (χ3n) is 4.22. The average Bonchev–Trinajstić information content (AvgIpc) is 2.67. The van der Waals surface area contributed by atoms with Crippen LogP contribution >= 0.6 is 0 Å². The molecule has 6 nitrogen and oxygen atoms in total. The van der Waals surface area contributed by atoms with Crippen LogP contribution in [0.3, 0.4) is 0 Å². The molecule has 0 bridgehead atoms.